The number of ketones is 2. The van der Waals surface area contributed by atoms with Crippen molar-refractivity contribution in [1.29, 1.82) is 0 Å². The van der Waals surface area contributed by atoms with Crippen molar-refractivity contribution >= 4 is 22.5 Å². The van der Waals surface area contributed by atoms with Crippen LogP contribution in [0.1, 0.15) is 31.4 Å². The van der Waals surface area contributed by atoms with Gasteiger partial charge < -0.3 is 14.6 Å². The summed E-state index contributed by atoms with van der Waals surface area (Å²) in [6.07, 6.45) is 1.53. The molecule has 1 aliphatic carbocycles. The van der Waals surface area contributed by atoms with Crippen molar-refractivity contribution in [2.24, 2.45) is 10.8 Å². The molecule has 0 bridgehead atoms. The van der Waals surface area contributed by atoms with Gasteiger partial charge in [0.25, 0.3) is 0 Å². The number of ether oxygens (including phenoxy) is 2. The number of halogens is 2. The molecule has 1 saturated carbocycles. The van der Waals surface area contributed by atoms with Crippen LogP contribution in [0.15, 0.2) is 60.9 Å². The molecule has 1 heterocycles. The highest BCUT2D eigenvalue weighted by molar-refractivity contribution is 6.12. The number of hydrogen-bond acceptors (Lipinski definition) is 7. The van der Waals surface area contributed by atoms with E-state index in [0.29, 0.717) is 28.5 Å². The monoisotopic (exact) mass is 532 g/mol. The van der Waals surface area contributed by atoms with Crippen molar-refractivity contribution in [2.45, 2.75) is 33.1 Å². The molecule has 1 fully saturated rings. The zero-order valence-electron chi connectivity index (χ0n) is 21.6. The molecule has 0 amide bonds. The fourth-order valence-corrected chi connectivity index (χ4v) is 5.14. The summed E-state index contributed by atoms with van der Waals surface area (Å²) in [5.74, 6) is -1.59. The molecule has 3 aromatic carbocycles. The highest BCUT2D eigenvalue weighted by Crippen LogP contribution is 2.65. The number of fused-ring (bicyclic) bond motifs is 1. The summed E-state index contributed by atoms with van der Waals surface area (Å²) < 4.78 is 39.2. The quantitative estimate of drug-likeness (QED) is 0.274. The third kappa shape index (κ3) is 4.80. The summed E-state index contributed by atoms with van der Waals surface area (Å²) in [5.41, 5.74) is -0.276. The van der Waals surface area contributed by atoms with Crippen LogP contribution >= 0.6 is 0 Å². The third-order valence-corrected chi connectivity index (χ3v) is 7.43. The Bertz CT molecular complexity index is 1600. The van der Waals surface area contributed by atoms with Crippen molar-refractivity contribution in [3.8, 4) is 23.1 Å². The number of nitrogens with zero attached hydrogens (tertiary/aromatic N) is 2. The number of Topliss-reactive ketones (excluding diaryl/α,β-unsaturated/α-hetero) is 2. The fraction of sp³-hybridized carbons (Fsp3) is 0.267. The van der Waals surface area contributed by atoms with Crippen LogP contribution in [0.3, 0.4) is 0 Å². The first kappa shape index (κ1) is 26.2. The molecule has 9 heteroatoms. The van der Waals surface area contributed by atoms with Gasteiger partial charge in [-0.3, -0.25) is 9.59 Å². The first-order valence-electron chi connectivity index (χ1n) is 12.3. The Hall–Kier alpha value is -4.40. The minimum absolute atomic E-state index is 0.0199. The maximum absolute atomic E-state index is 15.1. The summed E-state index contributed by atoms with van der Waals surface area (Å²) in [4.78, 5) is 34.9. The van der Waals surface area contributed by atoms with Crippen LogP contribution in [0.4, 0.5) is 8.78 Å². The Morgan fingerprint density at radius 2 is 1.56 bits per heavy atom. The summed E-state index contributed by atoms with van der Waals surface area (Å²) >= 11 is 0. The zero-order valence-corrected chi connectivity index (χ0v) is 21.6. The molecular formula is C30H26F2N2O5. The highest BCUT2D eigenvalue weighted by atomic mass is 19.1. The topological polar surface area (TPSA) is 98.6 Å². The normalized spacial score (nSPS) is 17.6. The van der Waals surface area contributed by atoms with Gasteiger partial charge in [-0.05, 0) is 53.3 Å². The van der Waals surface area contributed by atoms with E-state index < -0.39 is 22.5 Å². The van der Waals surface area contributed by atoms with Gasteiger partial charge in [0, 0.05) is 18.9 Å². The first-order chi connectivity index (χ1) is 18.5. The van der Waals surface area contributed by atoms with E-state index >= 15 is 4.39 Å². The summed E-state index contributed by atoms with van der Waals surface area (Å²) in [6.45, 7) is 3.73. The molecule has 4 aromatic rings. The van der Waals surface area contributed by atoms with Crippen molar-refractivity contribution in [3.63, 3.8) is 0 Å². The van der Waals surface area contributed by atoms with E-state index in [1.54, 1.807) is 6.07 Å². The molecule has 1 N–H and O–H groups in total. The van der Waals surface area contributed by atoms with Crippen LogP contribution in [0.25, 0.3) is 10.9 Å². The zero-order chi connectivity index (χ0) is 27.9. The predicted molar refractivity (Wildman–Crippen MR) is 139 cm³/mol. The number of aromatic hydroxyl groups is 1. The molecular weight excluding hydrogens is 506 g/mol. The first-order valence-corrected chi connectivity index (χ1v) is 12.3. The maximum atomic E-state index is 15.1. The summed E-state index contributed by atoms with van der Waals surface area (Å²) in [6, 6.07) is 12.7. The summed E-state index contributed by atoms with van der Waals surface area (Å²) in [5, 5.41) is 10.4. The maximum Gasteiger partial charge on any atom is 0.230 e. The van der Waals surface area contributed by atoms with Crippen LogP contribution in [0.5, 0.6) is 23.1 Å². The van der Waals surface area contributed by atoms with Crippen molar-refractivity contribution in [2.75, 3.05) is 7.11 Å². The van der Waals surface area contributed by atoms with Gasteiger partial charge in [0.1, 0.15) is 12.1 Å². The average molecular weight is 533 g/mol. The minimum Gasteiger partial charge on any atom is -0.504 e. The molecule has 0 spiro atoms. The van der Waals surface area contributed by atoms with Crippen LogP contribution in [-0.4, -0.2) is 33.8 Å². The van der Waals surface area contributed by atoms with Crippen LogP contribution < -0.4 is 9.47 Å². The SMILES string of the molecule is COc1cc2c(Oc3ccc(CC(=O)C4(C(=O)Cc5ccc(F)cc5)CC4(C)C)cc3F)ncnc2cc1O. The molecule has 0 aliphatic heterocycles. The lowest BCUT2D eigenvalue weighted by Gasteiger charge is -2.19. The van der Waals surface area contributed by atoms with Gasteiger partial charge in [-0.15, -0.1) is 0 Å². The average Bonchev–Trinajstić information content (AvgIpc) is 3.50. The van der Waals surface area contributed by atoms with E-state index in [4.69, 9.17) is 9.47 Å². The van der Waals surface area contributed by atoms with Gasteiger partial charge in [0.15, 0.2) is 34.6 Å². The number of phenols is 1. The van der Waals surface area contributed by atoms with Crippen molar-refractivity contribution in [1.82, 2.24) is 9.97 Å². The lowest BCUT2D eigenvalue weighted by atomic mass is 9.82. The Morgan fingerprint density at radius 1 is 0.923 bits per heavy atom. The number of aromatic nitrogens is 2. The number of benzene rings is 3. The van der Waals surface area contributed by atoms with E-state index in [1.165, 1.54) is 62.0 Å². The molecule has 5 rings (SSSR count). The number of methoxy groups -OCH3 is 1. The van der Waals surface area contributed by atoms with E-state index in [2.05, 4.69) is 9.97 Å². The second kappa shape index (κ2) is 9.72. The van der Waals surface area contributed by atoms with Gasteiger partial charge in [0.2, 0.25) is 5.88 Å². The Balaban J connectivity index is 1.35. The standard InChI is InChI=1S/C30H26F2N2O5/c1-29(2)15-30(29,26(36)11-17-4-7-19(31)8-5-17)27(37)12-18-6-9-24(21(32)10-18)39-28-20-13-25(38-3)23(35)14-22(20)33-16-34-28/h4-10,13-14,16,35H,11-12,15H2,1-3H3. The van der Waals surface area contributed by atoms with Crippen LogP contribution in [0, 0.1) is 22.5 Å². The molecule has 1 aliphatic rings. The van der Waals surface area contributed by atoms with E-state index in [0.717, 1.165) is 0 Å². The number of rotatable bonds is 9. The van der Waals surface area contributed by atoms with Gasteiger partial charge in [-0.1, -0.05) is 32.0 Å². The Labute approximate surface area is 223 Å². The van der Waals surface area contributed by atoms with Crippen molar-refractivity contribution < 1.29 is 33.0 Å². The Morgan fingerprint density at radius 3 is 2.18 bits per heavy atom. The lowest BCUT2D eigenvalue weighted by Crippen LogP contribution is -2.33. The molecule has 7 nitrogen and oxygen atoms in total. The van der Waals surface area contributed by atoms with E-state index in [-0.39, 0.29) is 47.5 Å². The van der Waals surface area contributed by atoms with Crippen LogP contribution in [-0.2, 0) is 22.4 Å². The molecule has 39 heavy (non-hydrogen) atoms. The number of carbonyl (C=O) groups excluding carboxylic acids is 2. The second-order valence-corrected chi connectivity index (χ2v) is 10.4. The van der Waals surface area contributed by atoms with Crippen LogP contribution in [0.2, 0.25) is 0 Å². The lowest BCUT2D eigenvalue weighted by molar-refractivity contribution is -0.135. The van der Waals surface area contributed by atoms with Gasteiger partial charge in [-0.25, -0.2) is 18.7 Å². The molecule has 1 unspecified atom stereocenters. The number of phenolic OH excluding ortho intramolecular Hbond substituents is 1. The number of hydrogen-bond donors (Lipinski definition) is 1. The molecule has 0 radical (unpaired) electrons. The van der Waals surface area contributed by atoms with Crippen molar-refractivity contribution in [3.05, 3.63) is 83.7 Å². The largest absolute Gasteiger partial charge is 0.504 e. The van der Waals surface area contributed by atoms with Gasteiger partial charge in [-0.2, -0.15) is 0 Å². The molecule has 1 aromatic heterocycles. The molecule has 0 saturated heterocycles. The number of carbonyl (C=O) groups is 2. The summed E-state index contributed by atoms with van der Waals surface area (Å²) in [7, 11) is 1.40. The van der Waals surface area contributed by atoms with E-state index in [1.807, 2.05) is 13.8 Å². The van der Waals surface area contributed by atoms with E-state index in [9.17, 15) is 19.1 Å². The Kier molecular flexibility index (Phi) is 6.54. The molecule has 1 atom stereocenters. The highest BCUT2D eigenvalue weighted by Gasteiger charge is 2.69. The smallest absolute Gasteiger partial charge is 0.230 e. The second-order valence-electron chi connectivity index (χ2n) is 10.4. The predicted octanol–water partition coefficient (Wildman–Crippen LogP) is 5.75. The minimum atomic E-state index is -1.17. The third-order valence-electron chi connectivity index (χ3n) is 7.43. The molecule has 200 valence electrons. The fourth-order valence-electron chi connectivity index (χ4n) is 5.14. The van der Waals surface area contributed by atoms with Gasteiger partial charge in [0.05, 0.1) is 23.4 Å². The van der Waals surface area contributed by atoms with Gasteiger partial charge >= 0.3 is 0 Å².